The van der Waals surface area contributed by atoms with Crippen molar-refractivity contribution in [3.05, 3.63) is 66.5 Å². The number of halogens is 5. The summed E-state index contributed by atoms with van der Waals surface area (Å²) in [4.78, 5) is 0. The van der Waals surface area contributed by atoms with E-state index < -0.39 is 17.7 Å². The lowest BCUT2D eigenvalue weighted by Gasteiger charge is -2.16. The summed E-state index contributed by atoms with van der Waals surface area (Å²) in [5, 5.41) is 0. The van der Waals surface area contributed by atoms with Crippen LogP contribution in [0.4, 0.5) is 8.78 Å². The molecule has 6 heteroatoms. The van der Waals surface area contributed by atoms with E-state index in [0.29, 0.717) is 5.56 Å². The summed E-state index contributed by atoms with van der Waals surface area (Å²) in [6.45, 7) is 0. The lowest BCUT2D eigenvalue weighted by Crippen LogP contribution is -2.16. The summed E-state index contributed by atoms with van der Waals surface area (Å²) >= 11 is 9.68. The fourth-order valence-corrected chi connectivity index (χ4v) is 3.42. The Kier molecular flexibility index (Phi) is 4.76. The Morgan fingerprint density at radius 3 is 2.11 bits per heavy atom. The first-order valence-electron chi connectivity index (χ1n) is 5.25. The molecule has 1 unspecified atom stereocenters. The first-order valence-corrected chi connectivity index (χ1v) is 7.63. The third kappa shape index (κ3) is 3.24. The van der Waals surface area contributed by atoms with Crippen LogP contribution in [0.2, 0.25) is 0 Å². The molecule has 0 aliphatic rings. The zero-order valence-electron chi connectivity index (χ0n) is 9.43. The molecule has 0 aliphatic carbocycles. The smallest absolute Gasteiger partial charge is 0.145 e. The number of nitrogens with two attached hydrogens (primary N) is 1. The van der Waals surface area contributed by atoms with Gasteiger partial charge in [-0.25, -0.2) is 8.78 Å². The highest BCUT2D eigenvalue weighted by molar-refractivity contribution is 9.11. The molecule has 0 amide bonds. The second-order valence-electron chi connectivity index (χ2n) is 3.94. The van der Waals surface area contributed by atoms with Gasteiger partial charge in [0.2, 0.25) is 0 Å². The molecule has 0 spiro atoms. The van der Waals surface area contributed by atoms with Gasteiger partial charge in [0.15, 0.2) is 0 Å². The monoisotopic (exact) mass is 453 g/mol. The van der Waals surface area contributed by atoms with Gasteiger partial charge in [-0.15, -0.1) is 0 Å². The van der Waals surface area contributed by atoms with Crippen molar-refractivity contribution in [3.63, 3.8) is 0 Å². The molecule has 0 aliphatic heterocycles. The highest BCUT2D eigenvalue weighted by Gasteiger charge is 2.21. The molecule has 0 saturated heterocycles. The van der Waals surface area contributed by atoms with Crippen LogP contribution in [0.25, 0.3) is 0 Å². The first-order chi connectivity index (χ1) is 8.90. The fraction of sp³-hybridized carbons (Fsp3) is 0.0769. The van der Waals surface area contributed by atoms with E-state index in [1.165, 1.54) is 12.1 Å². The highest BCUT2D eigenvalue weighted by atomic mass is 79.9. The van der Waals surface area contributed by atoms with E-state index in [1.54, 1.807) is 12.1 Å². The van der Waals surface area contributed by atoms with Crippen LogP contribution in [0.1, 0.15) is 17.2 Å². The number of rotatable bonds is 2. The molecule has 0 fully saturated rings. The largest absolute Gasteiger partial charge is 0.320 e. The Bertz CT molecular complexity index is 611. The maximum Gasteiger partial charge on any atom is 0.145 e. The van der Waals surface area contributed by atoms with Crippen molar-refractivity contribution in [2.75, 3.05) is 0 Å². The topological polar surface area (TPSA) is 26.0 Å². The number of hydrogen-bond acceptors (Lipinski definition) is 1. The SMILES string of the molecule is NC(c1cc(Br)cc(Br)c1)c1c(F)ccc(Br)c1F. The molecule has 100 valence electrons. The van der Waals surface area contributed by atoms with Gasteiger partial charge in [-0.2, -0.15) is 0 Å². The van der Waals surface area contributed by atoms with Crippen LogP contribution in [0.5, 0.6) is 0 Å². The predicted molar refractivity (Wildman–Crippen MR) is 81.9 cm³/mol. The lowest BCUT2D eigenvalue weighted by molar-refractivity contribution is 0.539. The second-order valence-corrected chi connectivity index (χ2v) is 6.62. The van der Waals surface area contributed by atoms with Crippen molar-refractivity contribution in [1.29, 1.82) is 0 Å². The number of benzene rings is 2. The predicted octanol–water partition coefficient (Wildman–Crippen LogP) is 5.30. The molecular weight excluding hydrogens is 448 g/mol. The Morgan fingerprint density at radius 1 is 0.947 bits per heavy atom. The first kappa shape index (κ1) is 15.1. The number of hydrogen-bond donors (Lipinski definition) is 1. The van der Waals surface area contributed by atoms with E-state index in [1.807, 2.05) is 6.07 Å². The van der Waals surface area contributed by atoms with Crippen LogP contribution in [0, 0.1) is 11.6 Å². The third-order valence-corrected chi connectivity index (χ3v) is 4.16. The summed E-state index contributed by atoms with van der Waals surface area (Å²) in [6, 6.07) is 6.91. The van der Waals surface area contributed by atoms with Crippen molar-refractivity contribution in [2.24, 2.45) is 5.73 Å². The summed E-state index contributed by atoms with van der Waals surface area (Å²) < 4.78 is 29.6. The molecule has 2 rings (SSSR count). The van der Waals surface area contributed by atoms with Crippen LogP contribution in [0.3, 0.4) is 0 Å². The average Bonchev–Trinajstić information content (AvgIpc) is 2.33. The normalized spacial score (nSPS) is 12.5. The minimum atomic E-state index is -0.883. The molecule has 0 aromatic heterocycles. The van der Waals surface area contributed by atoms with Crippen molar-refractivity contribution < 1.29 is 8.78 Å². The molecule has 0 heterocycles. The maximum absolute atomic E-state index is 14.0. The second kappa shape index (κ2) is 5.99. The minimum absolute atomic E-state index is 0.153. The standard InChI is InChI=1S/C13H8Br3F2N/c14-7-3-6(4-8(15)5-7)13(19)11-10(17)2-1-9(16)12(11)18/h1-5,13H,19H2. The summed E-state index contributed by atoms with van der Waals surface area (Å²) in [6.07, 6.45) is 0. The maximum atomic E-state index is 14.0. The Labute approximate surface area is 134 Å². The van der Waals surface area contributed by atoms with Gasteiger partial charge in [-0.3, -0.25) is 0 Å². The van der Waals surface area contributed by atoms with E-state index in [0.717, 1.165) is 8.95 Å². The van der Waals surface area contributed by atoms with Gasteiger partial charge in [0.1, 0.15) is 11.6 Å². The van der Waals surface area contributed by atoms with E-state index >= 15 is 0 Å². The van der Waals surface area contributed by atoms with Gasteiger partial charge in [0.05, 0.1) is 10.5 Å². The molecule has 1 nitrogen and oxygen atoms in total. The van der Waals surface area contributed by atoms with Crippen LogP contribution < -0.4 is 5.73 Å². The van der Waals surface area contributed by atoms with Crippen molar-refractivity contribution in [3.8, 4) is 0 Å². The minimum Gasteiger partial charge on any atom is -0.320 e. The van der Waals surface area contributed by atoms with E-state index in [9.17, 15) is 8.78 Å². The molecule has 2 N–H and O–H groups in total. The van der Waals surface area contributed by atoms with Gasteiger partial charge in [-0.1, -0.05) is 31.9 Å². The van der Waals surface area contributed by atoms with Crippen LogP contribution in [-0.4, -0.2) is 0 Å². The molecule has 0 radical (unpaired) electrons. The molecule has 19 heavy (non-hydrogen) atoms. The summed E-state index contributed by atoms with van der Waals surface area (Å²) in [5.74, 6) is -1.34. The average molecular weight is 456 g/mol. The van der Waals surface area contributed by atoms with Gasteiger partial charge >= 0.3 is 0 Å². The van der Waals surface area contributed by atoms with Crippen LogP contribution >= 0.6 is 47.8 Å². The zero-order chi connectivity index (χ0) is 14.2. The fourth-order valence-electron chi connectivity index (χ4n) is 1.75. The van der Waals surface area contributed by atoms with Crippen molar-refractivity contribution >= 4 is 47.8 Å². The van der Waals surface area contributed by atoms with E-state index in [4.69, 9.17) is 5.73 Å². The van der Waals surface area contributed by atoms with E-state index in [-0.39, 0.29) is 10.0 Å². The Hall–Kier alpha value is -0.300. The zero-order valence-corrected chi connectivity index (χ0v) is 14.2. The Balaban J connectivity index is 2.55. The van der Waals surface area contributed by atoms with Crippen LogP contribution in [0.15, 0.2) is 43.7 Å². The van der Waals surface area contributed by atoms with Crippen LogP contribution in [-0.2, 0) is 0 Å². The highest BCUT2D eigenvalue weighted by Crippen LogP contribution is 2.31. The third-order valence-electron chi connectivity index (χ3n) is 2.63. The van der Waals surface area contributed by atoms with Crippen molar-refractivity contribution in [1.82, 2.24) is 0 Å². The summed E-state index contributed by atoms with van der Waals surface area (Å²) in [5.41, 5.74) is 6.44. The Morgan fingerprint density at radius 2 is 1.53 bits per heavy atom. The van der Waals surface area contributed by atoms with Gasteiger partial charge < -0.3 is 5.73 Å². The lowest BCUT2D eigenvalue weighted by atomic mass is 9.99. The summed E-state index contributed by atoms with van der Waals surface area (Å²) in [7, 11) is 0. The molecule has 1 atom stereocenters. The quantitative estimate of drug-likeness (QED) is 0.611. The molecule has 0 bridgehead atoms. The molecule has 0 saturated carbocycles. The van der Waals surface area contributed by atoms with Gasteiger partial charge in [0, 0.05) is 14.5 Å². The van der Waals surface area contributed by atoms with E-state index in [2.05, 4.69) is 47.8 Å². The van der Waals surface area contributed by atoms with Gasteiger partial charge in [-0.05, 0) is 51.8 Å². The molecule has 2 aromatic carbocycles. The van der Waals surface area contributed by atoms with Crippen molar-refractivity contribution in [2.45, 2.75) is 6.04 Å². The molecular formula is C13H8Br3F2N. The molecule has 2 aromatic rings. The van der Waals surface area contributed by atoms with Gasteiger partial charge in [0.25, 0.3) is 0 Å².